The minimum absolute atomic E-state index is 0.498. The van der Waals surface area contributed by atoms with Gasteiger partial charge in [0.2, 0.25) is 0 Å². The van der Waals surface area contributed by atoms with Crippen LogP contribution in [0.5, 0.6) is 5.75 Å². The molecule has 0 radical (unpaired) electrons. The van der Waals surface area contributed by atoms with Gasteiger partial charge in [-0.1, -0.05) is 15.9 Å². The van der Waals surface area contributed by atoms with E-state index in [1.54, 1.807) is 7.11 Å². The van der Waals surface area contributed by atoms with Gasteiger partial charge in [-0.25, -0.2) is 5.90 Å². The first-order chi connectivity index (χ1) is 7.11. The van der Waals surface area contributed by atoms with Gasteiger partial charge in [0, 0.05) is 16.5 Å². The lowest BCUT2D eigenvalue weighted by atomic mass is 10.0. The normalized spacial score (nSPS) is 10.5. The van der Waals surface area contributed by atoms with Gasteiger partial charge in [-0.2, -0.15) is 0 Å². The maximum absolute atomic E-state index is 5.41. The van der Waals surface area contributed by atoms with Crippen LogP contribution in [-0.2, 0) is 11.3 Å². The molecule has 0 saturated carbocycles. The molecule has 0 bridgehead atoms. The van der Waals surface area contributed by atoms with Gasteiger partial charge in [-0.05, 0) is 31.0 Å². The summed E-state index contributed by atoms with van der Waals surface area (Å²) in [5, 5.41) is 0. The van der Waals surface area contributed by atoms with Gasteiger partial charge in [0.05, 0.1) is 13.7 Å². The minimum atomic E-state index is 0.498. The predicted molar refractivity (Wildman–Crippen MR) is 64.0 cm³/mol. The van der Waals surface area contributed by atoms with Crippen LogP contribution in [0.2, 0.25) is 0 Å². The predicted octanol–water partition coefficient (Wildman–Crippen LogP) is 2.51. The van der Waals surface area contributed by atoms with E-state index in [4.69, 9.17) is 10.6 Å². The summed E-state index contributed by atoms with van der Waals surface area (Å²) >= 11 is 3.50. The molecular formula is C11H16BrNO2. The Labute approximate surface area is 98.6 Å². The van der Waals surface area contributed by atoms with Gasteiger partial charge in [-0.15, -0.1) is 0 Å². The lowest BCUT2D eigenvalue weighted by molar-refractivity contribution is 0.140. The van der Waals surface area contributed by atoms with E-state index in [-0.39, 0.29) is 0 Å². The van der Waals surface area contributed by atoms with Crippen LogP contribution in [0.4, 0.5) is 0 Å². The Kier molecular flexibility index (Phi) is 4.57. The van der Waals surface area contributed by atoms with Crippen molar-refractivity contribution < 1.29 is 9.57 Å². The summed E-state index contributed by atoms with van der Waals surface area (Å²) in [6, 6.07) is 2.09. The Hall–Kier alpha value is -0.580. The van der Waals surface area contributed by atoms with E-state index >= 15 is 0 Å². The lowest BCUT2D eigenvalue weighted by Crippen LogP contribution is -2.07. The van der Waals surface area contributed by atoms with E-state index in [2.05, 4.69) is 33.8 Å². The molecule has 1 rings (SSSR count). The number of halogens is 1. The summed E-state index contributed by atoms with van der Waals surface area (Å²) < 4.78 is 6.47. The monoisotopic (exact) mass is 273 g/mol. The van der Waals surface area contributed by atoms with Crippen LogP contribution in [0.15, 0.2) is 10.5 Å². The number of hydrogen-bond donors (Lipinski definition) is 1. The first-order valence-electron chi connectivity index (χ1n) is 4.76. The van der Waals surface area contributed by atoms with Crippen molar-refractivity contribution in [3.05, 3.63) is 27.2 Å². The molecule has 0 atom stereocenters. The van der Waals surface area contributed by atoms with Gasteiger partial charge in [-0.3, -0.25) is 0 Å². The summed E-state index contributed by atoms with van der Waals surface area (Å²) in [5.74, 6) is 5.95. The molecule has 0 spiro atoms. The molecular weight excluding hydrogens is 258 g/mol. The number of methoxy groups -OCH3 is 1. The highest BCUT2D eigenvalue weighted by Crippen LogP contribution is 2.32. The molecule has 0 aliphatic rings. The SMILES string of the molecule is COc1c(C)c(Br)cc(C)c1CCON. The zero-order valence-corrected chi connectivity index (χ0v) is 10.8. The second kappa shape index (κ2) is 5.49. The molecule has 4 heteroatoms. The molecule has 3 nitrogen and oxygen atoms in total. The average Bonchev–Trinajstić information content (AvgIpc) is 2.21. The number of aryl methyl sites for hydroxylation is 1. The maximum Gasteiger partial charge on any atom is 0.126 e. The van der Waals surface area contributed by atoms with Gasteiger partial charge in [0.25, 0.3) is 0 Å². The van der Waals surface area contributed by atoms with Crippen molar-refractivity contribution in [2.75, 3.05) is 13.7 Å². The van der Waals surface area contributed by atoms with Crippen LogP contribution < -0.4 is 10.6 Å². The number of nitrogens with two attached hydrogens (primary N) is 1. The number of hydrogen-bond acceptors (Lipinski definition) is 3. The quantitative estimate of drug-likeness (QED) is 0.858. The number of ether oxygens (including phenoxy) is 1. The smallest absolute Gasteiger partial charge is 0.126 e. The number of benzene rings is 1. The fourth-order valence-corrected chi connectivity index (χ4v) is 2.17. The van der Waals surface area contributed by atoms with Crippen molar-refractivity contribution in [1.29, 1.82) is 0 Å². The van der Waals surface area contributed by atoms with Gasteiger partial charge < -0.3 is 9.57 Å². The Bertz CT molecular complexity index is 353. The molecule has 1 aromatic carbocycles. The fraction of sp³-hybridized carbons (Fsp3) is 0.455. The van der Waals surface area contributed by atoms with Gasteiger partial charge in [0.15, 0.2) is 0 Å². The van der Waals surface area contributed by atoms with Crippen LogP contribution >= 0.6 is 15.9 Å². The standard InChI is InChI=1S/C11H16BrNO2/c1-7-6-10(12)8(2)11(14-3)9(7)4-5-15-13/h6H,4-5,13H2,1-3H3. The molecule has 0 heterocycles. The summed E-state index contributed by atoms with van der Waals surface area (Å²) in [4.78, 5) is 4.60. The summed E-state index contributed by atoms with van der Waals surface area (Å²) in [6.45, 7) is 4.58. The van der Waals surface area contributed by atoms with E-state index in [0.717, 1.165) is 27.8 Å². The molecule has 84 valence electrons. The van der Waals surface area contributed by atoms with Crippen LogP contribution in [0.1, 0.15) is 16.7 Å². The van der Waals surface area contributed by atoms with E-state index in [0.29, 0.717) is 6.61 Å². The van der Waals surface area contributed by atoms with Crippen molar-refractivity contribution in [1.82, 2.24) is 0 Å². The second-order valence-corrected chi connectivity index (χ2v) is 4.29. The first kappa shape index (κ1) is 12.5. The first-order valence-corrected chi connectivity index (χ1v) is 5.55. The molecule has 1 aromatic rings. The third-order valence-corrected chi connectivity index (χ3v) is 3.29. The van der Waals surface area contributed by atoms with Crippen molar-refractivity contribution in [3.8, 4) is 5.75 Å². The highest BCUT2D eigenvalue weighted by molar-refractivity contribution is 9.10. The molecule has 0 fully saturated rings. The lowest BCUT2D eigenvalue weighted by Gasteiger charge is -2.15. The number of rotatable bonds is 4. The zero-order chi connectivity index (χ0) is 11.4. The molecule has 0 aromatic heterocycles. The average molecular weight is 274 g/mol. The Morgan fingerprint density at radius 1 is 1.40 bits per heavy atom. The highest BCUT2D eigenvalue weighted by atomic mass is 79.9. The summed E-state index contributed by atoms with van der Waals surface area (Å²) in [7, 11) is 1.68. The van der Waals surface area contributed by atoms with E-state index < -0.39 is 0 Å². The molecule has 0 aliphatic carbocycles. The van der Waals surface area contributed by atoms with E-state index in [1.165, 1.54) is 5.56 Å². The Balaban J connectivity index is 3.16. The van der Waals surface area contributed by atoms with E-state index in [9.17, 15) is 0 Å². The molecule has 0 unspecified atom stereocenters. The van der Waals surface area contributed by atoms with Crippen molar-refractivity contribution >= 4 is 15.9 Å². The van der Waals surface area contributed by atoms with Crippen LogP contribution in [0, 0.1) is 13.8 Å². The van der Waals surface area contributed by atoms with Crippen molar-refractivity contribution in [2.24, 2.45) is 5.90 Å². The topological polar surface area (TPSA) is 44.5 Å². The molecule has 2 N–H and O–H groups in total. The maximum atomic E-state index is 5.41. The molecule has 0 saturated heterocycles. The van der Waals surface area contributed by atoms with Crippen LogP contribution in [-0.4, -0.2) is 13.7 Å². The van der Waals surface area contributed by atoms with Crippen LogP contribution in [0.25, 0.3) is 0 Å². The fourth-order valence-electron chi connectivity index (χ4n) is 1.65. The van der Waals surface area contributed by atoms with Crippen molar-refractivity contribution in [3.63, 3.8) is 0 Å². The van der Waals surface area contributed by atoms with E-state index in [1.807, 2.05) is 6.92 Å². The Morgan fingerprint density at radius 2 is 2.07 bits per heavy atom. The zero-order valence-electron chi connectivity index (χ0n) is 9.26. The van der Waals surface area contributed by atoms with Gasteiger partial charge in [0.1, 0.15) is 5.75 Å². The third kappa shape index (κ3) is 2.71. The summed E-state index contributed by atoms with van der Waals surface area (Å²) in [6.07, 6.45) is 0.764. The second-order valence-electron chi connectivity index (χ2n) is 3.43. The van der Waals surface area contributed by atoms with Crippen LogP contribution in [0.3, 0.4) is 0 Å². The highest BCUT2D eigenvalue weighted by Gasteiger charge is 2.12. The largest absolute Gasteiger partial charge is 0.496 e. The molecule has 0 aliphatic heterocycles. The Morgan fingerprint density at radius 3 is 2.60 bits per heavy atom. The minimum Gasteiger partial charge on any atom is -0.496 e. The van der Waals surface area contributed by atoms with Crippen molar-refractivity contribution in [2.45, 2.75) is 20.3 Å². The molecule has 0 amide bonds. The third-order valence-electron chi connectivity index (χ3n) is 2.47. The summed E-state index contributed by atoms with van der Waals surface area (Å²) in [5.41, 5.74) is 3.44. The van der Waals surface area contributed by atoms with Gasteiger partial charge >= 0.3 is 0 Å². The molecule has 15 heavy (non-hydrogen) atoms.